The molecule has 2 aliphatic rings. The molecule has 86 valence electrons. The topological polar surface area (TPSA) is 45.2 Å². The van der Waals surface area contributed by atoms with E-state index in [1.807, 2.05) is 24.3 Å². The zero-order valence-electron chi connectivity index (χ0n) is 9.55. The first-order valence-electron chi connectivity index (χ1n) is 5.90. The van der Waals surface area contributed by atoms with E-state index >= 15 is 0 Å². The van der Waals surface area contributed by atoms with E-state index in [0.717, 1.165) is 22.9 Å². The number of rotatable bonds is 1. The summed E-state index contributed by atoms with van der Waals surface area (Å²) in [5, 5.41) is 2.21. The average Bonchev–Trinajstić information content (AvgIpc) is 2.99. The van der Waals surface area contributed by atoms with Gasteiger partial charge in [0.25, 0.3) is 0 Å². The summed E-state index contributed by atoms with van der Waals surface area (Å²) in [5.41, 5.74) is 3.89. The maximum atomic E-state index is 11.0. The van der Waals surface area contributed by atoms with Gasteiger partial charge >= 0.3 is 0 Å². The molecule has 0 spiro atoms. The Morgan fingerprint density at radius 3 is 3.00 bits per heavy atom. The molecule has 0 saturated heterocycles. The molecule has 1 N–H and O–H groups in total. The molecule has 0 radical (unpaired) electrons. The third-order valence-electron chi connectivity index (χ3n) is 3.59. The number of hydrogen-bond acceptors (Lipinski definition) is 2. The Labute approximate surface area is 103 Å². The molecule has 1 atom stereocenters. The number of hydrogen-bond donors (Lipinski definition) is 1. The lowest BCUT2D eigenvalue weighted by Crippen LogP contribution is -2.21. The largest absolute Gasteiger partial charge is 0.362 e. The van der Waals surface area contributed by atoms with Crippen LogP contribution < -0.4 is 10.6 Å². The van der Waals surface area contributed by atoms with Crippen LogP contribution in [0.2, 0.25) is 0 Å². The summed E-state index contributed by atoms with van der Waals surface area (Å²) in [4.78, 5) is 18.9. The normalized spacial score (nSPS) is 18.9. The second kappa shape index (κ2) is 3.29. The standard InChI is InChI=1S/C15H10N2O/c18-8-9-7-16-14-10(9)5-6-12-11-3-1-2-4-13(11)17-15(12)14/h1-8,15-16H. The Morgan fingerprint density at radius 1 is 1.22 bits per heavy atom. The average molecular weight is 234 g/mol. The number of H-pyrrole nitrogens is 1. The summed E-state index contributed by atoms with van der Waals surface area (Å²) in [6.45, 7) is 0. The van der Waals surface area contributed by atoms with Crippen molar-refractivity contribution in [3.63, 3.8) is 0 Å². The molecule has 0 fully saturated rings. The molecule has 1 aromatic carbocycles. The summed E-state index contributed by atoms with van der Waals surface area (Å²) in [5.74, 6) is 0. The number of carbonyl (C=O) groups is 1. The quantitative estimate of drug-likeness (QED) is 0.744. The van der Waals surface area contributed by atoms with E-state index in [1.165, 1.54) is 10.8 Å². The first kappa shape index (κ1) is 9.59. The van der Waals surface area contributed by atoms with Crippen LogP contribution in [0.1, 0.15) is 27.7 Å². The van der Waals surface area contributed by atoms with Gasteiger partial charge < -0.3 is 4.98 Å². The number of aldehydes is 1. The van der Waals surface area contributed by atoms with Crippen LogP contribution in [0.3, 0.4) is 0 Å². The summed E-state index contributed by atoms with van der Waals surface area (Å²) < 4.78 is 0. The van der Waals surface area contributed by atoms with Crippen LogP contribution >= 0.6 is 0 Å². The number of nitrogens with one attached hydrogen (secondary N) is 1. The number of para-hydroxylation sites is 1. The van der Waals surface area contributed by atoms with E-state index in [1.54, 1.807) is 6.20 Å². The fourth-order valence-corrected chi connectivity index (χ4v) is 2.74. The van der Waals surface area contributed by atoms with Crippen LogP contribution in [-0.4, -0.2) is 11.3 Å². The van der Waals surface area contributed by atoms with Gasteiger partial charge in [0.15, 0.2) is 6.29 Å². The summed E-state index contributed by atoms with van der Waals surface area (Å²) in [6.07, 6.45) is 6.71. The highest BCUT2D eigenvalue weighted by Crippen LogP contribution is 2.36. The SMILES string of the molecule is O=Cc1c[nH]c2c1C=CC1=c3ccccc3=NC12. The molecule has 3 heteroatoms. The van der Waals surface area contributed by atoms with E-state index in [-0.39, 0.29) is 6.04 Å². The highest BCUT2D eigenvalue weighted by molar-refractivity contribution is 5.88. The van der Waals surface area contributed by atoms with E-state index in [0.29, 0.717) is 5.56 Å². The lowest BCUT2D eigenvalue weighted by atomic mass is 9.93. The van der Waals surface area contributed by atoms with E-state index in [4.69, 9.17) is 4.99 Å². The fraction of sp³-hybridized carbons (Fsp3) is 0.0667. The molecule has 1 aliphatic heterocycles. The second-order valence-corrected chi connectivity index (χ2v) is 4.53. The lowest BCUT2D eigenvalue weighted by molar-refractivity contribution is 0.112. The van der Waals surface area contributed by atoms with Gasteiger partial charge in [0, 0.05) is 22.5 Å². The number of aromatic nitrogens is 1. The lowest BCUT2D eigenvalue weighted by Gasteiger charge is -2.15. The predicted octanol–water partition coefficient (Wildman–Crippen LogP) is 1.38. The van der Waals surface area contributed by atoms with Gasteiger partial charge in [0.2, 0.25) is 0 Å². The minimum atomic E-state index is 0.0103. The van der Waals surface area contributed by atoms with Crippen LogP contribution in [-0.2, 0) is 0 Å². The van der Waals surface area contributed by atoms with E-state index in [9.17, 15) is 4.79 Å². The smallest absolute Gasteiger partial charge is 0.152 e. The summed E-state index contributed by atoms with van der Waals surface area (Å²) >= 11 is 0. The molecule has 1 aliphatic carbocycles. The van der Waals surface area contributed by atoms with Gasteiger partial charge in [-0.15, -0.1) is 0 Å². The first-order valence-corrected chi connectivity index (χ1v) is 5.90. The van der Waals surface area contributed by atoms with Crippen LogP contribution in [0.15, 0.2) is 41.5 Å². The van der Waals surface area contributed by atoms with Gasteiger partial charge in [0.1, 0.15) is 6.04 Å². The highest BCUT2D eigenvalue weighted by Gasteiger charge is 2.27. The second-order valence-electron chi connectivity index (χ2n) is 4.53. The van der Waals surface area contributed by atoms with Crippen LogP contribution in [0.4, 0.5) is 0 Å². The van der Waals surface area contributed by atoms with Gasteiger partial charge in [-0.05, 0) is 11.6 Å². The maximum Gasteiger partial charge on any atom is 0.152 e. The van der Waals surface area contributed by atoms with Gasteiger partial charge in [-0.3, -0.25) is 9.79 Å². The number of fused-ring (bicyclic) bond motifs is 4. The van der Waals surface area contributed by atoms with Crippen molar-refractivity contribution in [2.45, 2.75) is 6.04 Å². The van der Waals surface area contributed by atoms with Gasteiger partial charge in [-0.25, -0.2) is 0 Å². The van der Waals surface area contributed by atoms with Gasteiger partial charge in [0.05, 0.1) is 11.1 Å². The monoisotopic (exact) mass is 234 g/mol. The molecule has 18 heavy (non-hydrogen) atoms. The molecule has 0 bridgehead atoms. The Bertz CT molecular complexity index is 811. The van der Waals surface area contributed by atoms with Gasteiger partial charge in [-0.2, -0.15) is 0 Å². The van der Waals surface area contributed by atoms with Crippen molar-refractivity contribution in [2.24, 2.45) is 4.99 Å². The van der Waals surface area contributed by atoms with Crippen molar-refractivity contribution in [3.8, 4) is 0 Å². The van der Waals surface area contributed by atoms with Crippen molar-refractivity contribution < 1.29 is 4.79 Å². The Hall–Kier alpha value is -2.42. The molecule has 4 rings (SSSR count). The molecule has 2 heterocycles. The van der Waals surface area contributed by atoms with Crippen LogP contribution in [0.25, 0.3) is 11.6 Å². The van der Waals surface area contributed by atoms with E-state index in [2.05, 4.69) is 17.1 Å². The molecule has 1 unspecified atom stereocenters. The minimum absolute atomic E-state index is 0.0103. The van der Waals surface area contributed by atoms with Gasteiger partial charge in [-0.1, -0.05) is 30.4 Å². The Morgan fingerprint density at radius 2 is 2.11 bits per heavy atom. The molecule has 0 amide bonds. The third-order valence-corrected chi connectivity index (χ3v) is 3.59. The zero-order chi connectivity index (χ0) is 12.1. The fourth-order valence-electron chi connectivity index (χ4n) is 2.74. The number of aromatic amines is 1. The summed E-state index contributed by atoms with van der Waals surface area (Å²) in [6, 6.07) is 8.15. The number of nitrogens with zero attached hydrogens (tertiary/aromatic N) is 1. The molecular formula is C15H10N2O. The van der Waals surface area contributed by atoms with Crippen molar-refractivity contribution in [1.29, 1.82) is 0 Å². The third kappa shape index (κ3) is 1.08. The van der Waals surface area contributed by atoms with Crippen molar-refractivity contribution in [3.05, 3.63) is 63.9 Å². The van der Waals surface area contributed by atoms with E-state index < -0.39 is 0 Å². The first-order chi connectivity index (χ1) is 8.88. The highest BCUT2D eigenvalue weighted by atomic mass is 16.1. The van der Waals surface area contributed by atoms with Crippen molar-refractivity contribution in [1.82, 2.24) is 4.98 Å². The molecule has 3 nitrogen and oxygen atoms in total. The Balaban J connectivity index is 2.05. The van der Waals surface area contributed by atoms with Crippen LogP contribution in [0, 0.1) is 0 Å². The molecule has 2 aromatic rings. The number of carbonyl (C=O) groups excluding carboxylic acids is 1. The van der Waals surface area contributed by atoms with Crippen molar-refractivity contribution in [2.75, 3.05) is 0 Å². The van der Waals surface area contributed by atoms with Crippen LogP contribution in [0.5, 0.6) is 0 Å². The Kier molecular flexibility index (Phi) is 1.75. The maximum absolute atomic E-state index is 11.0. The predicted molar refractivity (Wildman–Crippen MR) is 68.6 cm³/mol. The van der Waals surface area contributed by atoms with Crippen molar-refractivity contribution >= 4 is 17.9 Å². The summed E-state index contributed by atoms with van der Waals surface area (Å²) in [7, 11) is 0. The molecule has 0 saturated carbocycles. The molecular weight excluding hydrogens is 224 g/mol. The molecule has 1 aromatic heterocycles. The number of benzene rings is 1. The zero-order valence-corrected chi connectivity index (χ0v) is 9.55. The minimum Gasteiger partial charge on any atom is -0.362 e.